The molecular formula is C24H35IN6O. The number of nitrogens with one attached hydrogen (secondary N) is 2. The van der Waals surface area contributed by atoms with Crippen LogP contribution in [0.1, 0.15) is 24.0 Å². The van der Waals surface area contributed by atoms with Gasteiger partial charge >= 0.3 is 0 Å². The summed E-state index contributed by atoms with van der Waals surface area (Å²) in [6.45, 7) is 7.24. The molecule has 0 amide bonds. The Bertz CT molecular complexity index is 835. The molecule has 0 radical (unpaired) electrons. The molecule has 0 unspecified atom stereocenters. The molecule has 3 heterocycles. The highest BCUT2D eigenvalue weighted by Gasteiger charge is 2.20. The van der Waals surface area contributed by atoms with Crippen LogP contribution in [0.15, 0.2) is 53.7 Å². The molecule has 2 N–H and O–H groups in total. The van der Waals surface area contributed by atoms with Gasteiger partial charge in [0.2, 0.25) is 0 Å². The van der Waals surface area contributed by atoms with E-state index in [2.05, 4.69) is 66.8 Å². The molecule has 1 aromatic carbocycles. The maximum Gasteiger partial charge on any atom is 0.191 e. The van der Waals surface area contributed by atoms with Crippen LogP contribution < -0.4 is 15.5 Å². The van der Waals surface area contributed by atoms with Gasteiger partial charge in [-0.25, -0.2) is 4.98 Å². The topological polar surface area (TPSA) is 65.0 Å². The van der Waals surface area contributed by atoms with Gasteiger partial charge in [-0.05, 0) is 24.5 Å². The number of pyridine rings is 1. The van der Waals surface area contributed by atoms with E-state index in [0.29, 0.717) is 12.6 Å². The van der Waals surface area contributed by atoms with Crippen molar-refractivity contribution in [3.05, 3.63) is 59.8 Å². The van der Waals surface area contributed by atoms with Gasteiger partial charge in [-0.2, -0.15) is 0 Å². The maximum absolute atomic E-state index is 5.48. The summed E-state index contributed by atoms with van der Waals surface area (Å²) in [6, 6.07) is 15.3. The molecule has 0 aliphatic carbocycles. The maximum atomic E-state index is 5.48. The smallest absolute Gasteiger partial charge is 0.191 e. The minimum absolute atomic E-state index is 0. The highest BCUT2D eigenvalue weighted by atomic mass is 127. The molecule has 2 fully saturated rings. The fourth-order valence-electron chi connectivity index (χ4n) is 4.27. The van der Waals surface area contributed by atoms with Crippen LogP contribution in [0.2, 0.25) is 0 Å². The fraction of sp³-hybridized carbons (Fsp3) is 0.500. The Balaban J connectivity index is 0.00000289. The van der Waals surface area contributed by atoms with Crippen LogP contribution in [0.5, 0.6) is 0 Å². The van der Waals surface area contributed by atoms with E-state index in [1.807, 2.05) is 19.3 Å². The average Bonchev–Trinajstić information content (AvgIpc) is 2.84. The number of piperidine rings is 1. The van der Waals surface area contributed by atoms with Crippen molar-refractivity contribution in [2.24, 2.45) is 4.99 Å². The van der Waals surface area contributed by atoms with Crippen LogP contribution >= 0.6 is 24.0 Å². The van der Waals surface area contributed by atoms with Crippen LogP contribution in [-0.2, 0) is 17.8 Å². The van der Waals surface area contributed by atoms with Crippen LogP contribution in [0.25, 0.3) is 0 Å². The Kier molecular flexibility index (Phi) is 10.0. The van der Waals surface area contributed by atoms with E-state index in [1.165, 1.54) is 11.1 Å². The predicted octanol–water partition coefficient (Wildman–Crippen LogP) is 2.87. The third-order valence-electron chi connectivity index (χ3n) is 6.03. The number of benzene rings is 1. The first kappa shape index (κ1) is 24.7. The molecule has 4 rings (SSSR count). The predicted molar refractivity (Wildman–Crippen MR) is 141 cm³/mol. The average molecular weight is 550 g/mol. The lowest BCUT2D eigenvalue weighted by atomic mass is 10.0. The molecule has 8 heteroatoms. The van der Waals surface area contributed by atoms with Crippen molar-refractivity contribution in [2.75, 3.05) is 51.3 Å². The number of rotatable bonds is 6. The highest BCUT2D eigenvalue weighted by Crippen LogP contribution is 2.18. The second-order valence-corrected chi connectivity index (χ2v) is 8.19. The van der Waals surface area contributed by atoms with Crippen molar-refractivity contribution < 1.29 is 4.74 Å². The zero-order chi connectivity index (χ0) is 21.3. The molecule has 0 atom stereocenters. The van der Waals surface area contributed by atoms with Crippen molar-refractivity contribution in [1.82, 2.24) is 20.5 Å². The second kappa shape index (κ2) is 13.0. The van der Waals surface area contributed by atoms with E-state index in [1.54, 1.807) is 0 Å². The zero-order valence-electron chi connectivity index (χ0n) is 18.9. The Labute approximate surface area is 208 Å². The summed E-state index contributed by atoms with van der Waals surface area (Å²) in [6.07, 6.45) is 4.11. The number of aliphatic imine (C=N–C) groups is 1. The minimum atomic E-state index is 0. The van der Waals surface area contributed by atoms with E-state index in [4.69, 9.17) is 4.74 Å². The Morgan fingerprint density at radius 1 is 1.06 bits per heavy atom. The summed E-state index contributed by atoms with van der Waals surface area (Å²) >= 11 is 0. The van der Waals surface area contributed by atoms with E-state index >= 15 is 0 Å². The SMILES string of the molecule is CN=C(NCc1cccnc1N1CCOCC1)NC1CCN(Cc2ccccc2)CC1.I. The van der Waals surface area contributed by atoms with Crippen molar-refractivity contribution in [2.45, 2.75) is 32.0 Å². The lowest BCUT2D eigenvalue weighted by Gasteiger charge is -2.33. The molecule has 0 bridgehead atoms. The van der Waals surface area contributed by atoms with Gasteiger partial charge in [0.15, 0.2) is 5.96 Å². The molecule has 174 valence electrons. The standard InChI is InChI=1S/C24H34N6O.HI/c1-25-24(27-18-21-8-5-11-26-23(21)30-14-16-31-17-15-30)28-22-9-12-29(13-10-22)19-20-6-3-2-4-7-20;/h2-8,11,22H,9-10,12-19H2,1H3,(H2,25,27,28);1H. The number of halogens is 1. The number of morpholine rings is 1. The van der Waals surface area contributed by atoms with Gasteiger partial charge in [0.25, 0.3) is 0 Å². The first-order valence-electron chi connectivity index (χ1n) is 11.3. The summed E-state index contributed by atoms with van der Waals surface area (Å²) in [7, 11) is 1.84. The van der Waals surface area contributed by atoms with Crippen molar-refractivity contribution in [3.63, 3.8) is 0 Å². The largest absolute Gasteiger partial charge is 0.378 e. The number of anilines is 1. The number of hydrogen-bond donors (Lipinski definition) is 2. The number of aromatic nitrogens is 1. The van der Waals surface area contributed by atoms with Gasteiger partial charge in [-0.3, -0.25) is 9.89 Å². The van der Waals surface area contributed by atoms with E-state index in [9.17, 15) is 0 Å². The van der Waals surface area contributed by atoms with Crippen LogP contribution in [0.4, 0.5) is 5.82 Å². The quantitative estimate of drug-likeness (QED) is 0.328. The first-order chi connectivity index (χ1) is 15.3. The van der Waals surface area contributed by atoms with Gasteiger partial charge in [-0.1, -0.05) is 36.4 Å². The van der Waals surface area contributed by atoms with E-state index in [0.717, 1.165) is 70.6 Å². The Morgan fingerprint density at radius 2 is 1.81 bits per heavy atom. The second-order valence-electron chi connectivity index (χ2n) is 8.19. The van der Waals surface area contributed by atoms with Gasteiger partial charge in [0, 0.05) is 64.1 Å². The molecule has 2 aromatic rings. The molecule has 0 saturated carbocycles. The van der Waals surface area contributed by atoms with Gasteiger partial charge in [0.05, 0.1) is 13.2 Å². The minimum Gasteiger partial charge on any atom is -0.378 e. The monoisotopic (exact) mass is 550 g/mol. The van der Waals surface area contributed by atoms with E-state index in [-0.39, 0.29) is 24.0 Å². The highest BCUT2D eigenvalue weighted by molar-refractivity contribution is 14.0. The van der Waals surface area contributed by atoms with Crippen molar-refractivity contribution in [3.8, 4) is 0 Å². The molecule has 2 aliphatic rings. The number of likely N-dealkylation sites (tertiary alicyclic amines) is 1. The van der Waals surface area contributed by atoms with Crippen LogP contribution in [0, 0.1) is 0 Å². The molecular weight excluding hydrogens is 515 g/mol. The number of guanidine groups is 1. The summed E-state index contributed by atoms with van der Waals surface area (Å²) in [5, 5.41) is 7.11. The molecule has 1 aromatic heterocycles. The van der Waals surface area contributed by atoms with Gasteiger partial charge in [-0.15, -0.1) is 24.0 Å². The number of nitrogens with zero attached hydrogens (tertiary/aromatic N) is 4. The van der Waals surface area contributed by atoms with E-state index < -0.39 is 0 Å². The molecule has 2 aliphatic heterocycles. The Hall–Kier alpha value is -1.91. The third-order valence-corrected chi connectivity index (χ3v) is 6.03. The van der Waals surface area contributed by atoms with Crippen molar-refractivity contribution in [1.29, 1.82) is 0 Å². The first-order valence-corrected chi connectivity index (χ1v) is 11.3. The third kappa shape index (κ3) is 7.05. The number of hydrogen-bond acceptors (Lipinski definition) is 5. The fourth-order valence-corrected chi connectivity index (χ4v) is 4.27. The normalized spacial score (nSPS) is 18.2. The van der Waals surface area contributed by atoms with Crippen LogP contribution in [0.3, 0.4) is 0 Å². The summed E-state index contributed by atoms with van der Waals surface area (Å²) in [4.78, 5) is 13.9. The Morgan fingerprint density at radius 3 is 2.53 bits per heavy atom. The lowest BCUT2D eigenvalue weighted by molar-refractivity contribution is 0.122. The number of ether oxygens (including phenoxy) is 1. The summed E-state index contributed by atoms with van der Waals surface area (Å²) < 4.78 is 5.48. The van der Waals surface area contributed by atoms with Crippen molar-refractivity contribution >= 4 is 35.8 Å². The summed E-state index contributed by atoms with van der Waals surface area (Å²) in [5.74, 6) is 1.90. The van der Waals surface area contributed by atoms with Crippen LogP contribution in [-0.4, -0.2) is 68.3 Å². The van der Waals surface area contributed by atoms with Gasteiger partial charge < -0.3 is 20.3 Å². The lowest BCUT2D eigenvalue weighted by Crippen LogP contribution is -2.48. The zero-order valence-corrected chi connectivity index (χ0v) is 21.2. The molecule has 32 heavy (non-hydrogen) atoms. The summed E-state index contributed by atoms with van der Waals surface area (Å²) in [5.41, 5.74) is 2.57. The van der Waals surface area contributed by atoms with Gasteiger partial charge in [0.1, 0.15) is 5.82 Å². The molecule has 2 saturated heterocycles. The molecule has 0 spiro atoms. The molecule has 7 nitrogen and oxygen atoms in total.